The number of thiophene rings is 1. The van der Waals surface area contributed by atoms with Crippen molar-refractivity contribution in [2.45, 2.75) is 13.3 Å². The Labute approximate surface area is 86.1 Å². The summed E-state index contributed by atoms with van der Waals surface area (Å²) in [7, 11) is 0. The minimum Gasteiger partial charge on any atom is -0.397 e. The van der Waals surface area contributed by atoms with Crippen molar-refractivity contribution < 1.29 is 0 Å². The number of nitrogens with two attached hydrogens (primary N) is 1. The molecule has 0 unspecified atom stereocenters. The summed E-state index contributed by atoms with van der Waals surface area (Å²) in [4.78, 5) is 0. The Hall–Kier alpha value is -0.730. The van der Waals surface area contributed by atoms with Gasteiger partial charge in [-0.2, -0.15) is 0 Å². The molecule has 0 spiro atoms. The molecule has 0 radical (unpaired) electrons. The van der Waals surface area contributed by atoms with Crippen LogP contribution in [0.15, 0.2) is 17.5 Å². The van der Waals surface area contributed by atoms with Gasteiger partial charge < -0.3 is 5.73 Å². The molecular weight excluding hydrogens is 202 g/mol. The van der Waals surface area contributed by atoms with E-state index in [0.29, 0.717) is 10.7 Å². The van der Waals surface area contributed by atoms with Crippen LogP contribution in [0.1, 0.15) is 12.5 Å². The highest BCUT2D eigenvalue weighted by Gasteiger charge is 2.07. The Bertz CT molecular complexity index is 447. The van der Waals surface area contributed by atoms with Gasteiger partial charge in [0.1, 0.15) is 0 Å². The van der Waals surface area contributed by atoms with E-state index in [4.69, 9.17) is 17.3 Å². The molecule has 1 heterocycles. The normalized spacial score (nSPS) is 10.9. The number of fused-ring (bicyclic) bond motifs is 1. The summed E-state index contributed by atoms with van der Waals surface area (Å²) in [5.41, 5.74) is 7.73. The lowest BCUT2D eigenvalue weighted by molar-refractivity contribution is 1.17. The van der Waals surface area contributed by atoms with Crippen LogP contribution in [0, 0.1) is 0 Å². The van der Waals surface area contributed by atoms with Crippen LogP contribution in [-0.4, -0.2) is 0 Å². The first-order chi connectivity index (χ1) is 6.24. The van der Waals surface area contributed by atoms with E-state index in [1.807, 2.05) is 12.1 Å². The molecule has 2 N–H and O–H groups in total. The van der Waals surface area contributed by atoms with Crippen LogP contribution in [-0.2, 0) is 6.42 Å². The molecule has 2 aromatic rings. The van der Waals surface area contributed by atoms with Gasteiger partial charge in [-0.15, -0.1) is 11.3 Å². The van der Waals surface area contributed by atoms with Gasteiger partial charge in [0.2, 0.25) is 0 Å². The summed E-state index contributed by atoms with van der Waals surface area (Å²) in [6.45, 7) is 2.14. The Balaban J connectivity index is 2.81. The van der Waals surface area contributed by atoms with Gasteiger partial charge in [0, 0.05) is 0 Å². The second-order valence-electron chi connectivity index (χ2n) is 2.96. The standard InChI is InChI=1S/C10H10ClNS/c1-2-6-5-13-10-7(6)3-4-8(12)9(10)11/h3-5H,2,12H2,1H3. The number of hydrogen-bond donors (Lipinski definition) is 1. The van der Waals surface area contributed by atoms with Crippen LogP contribution in [0.25, 0.3) is 10.1 Å². The third-order valence-electron chi connectivity index (χ3n) is 2.17. The van der Waals surface area contributed by atoms with E-state index in [2.05, 4.69) is 12.3 Å². The van der Waals surface area contributed by atoms with Gasteiger partial charge in [-0.05, 0) is 28.8 Å². The van der Waals surface area contributed by atoms with E-state index in [1.165, 1.54) is 10.9 Å². The summed E-state index contributed by atoms with van der Waals surface area (Å²) in [6, 6.07) is 3.92. The van der Waals surface area contributed by atoms with Gasteiger partial charge in [-0.3, -0.25) is 0 Å². The minimum absolute atomic E-state index is 0.665. The van der Waals surface area contributed by atoms with E-state index in [0.717, 1.165) is 11.1 Å². The van der Waals surface area contributed by atoms with Crippen molar-refractivity contribution in [1.29, 1.82) is 0 Å². The van der Waals surface area contributed by atoms with Crippen molar-refractivity contribution in [3.8, 4) is 0 Å². The number of halogens is 1. The molecule has 0 aliphatic rings. The molecule has 0 amide bonds. The zero-order valence-electron chi connectivity index (χ0n) is 7.30. The fraction of sp³-hybridized carbons (Fsp3) is 0.200. The lowest BCUT2D eigenvalue weighted by Gasteiger charge is -1.99. The highest BCUT2D eigenvalue weighted by Crippen LogP contribution is 2.35. The van der Waals surface area contributed by atoms with Crippen LogP contribution in [0.2, 0.25) is 5.02 Å². The van der Waals surface area contributed by atoms with E-state index in [9.17, 15) is 0 Å². The molecule has 1 nitrogen and oxygen atoms in total. The molecule has 0 aliphatic heterocycles. The number of nitrogen functional groups attached to an aromatic ring is 1. The molecule has 0 saturated carbocycles. The van der Waals surface area contributed by atoms with Gasteiger partial charge in [0.15, 0.2) is 0 Å². The fourth-order valence-corrected chi connectivity index (χ4v) is 2.81. The van der Waals surface area contributed by atoms with E-state index in [1.54, 1.807) is 11.3 Å². The van der Waals surface area contributed by atoms with Crippen LogP contribution in [0.5, 0.6) is 0 Å². The number of rotatable bonds is 1. The number of anilines is 1. The molecule has 1 aromatic heterocycles. The first kappa shape index (κ1) is 8.85. The van der Waals surface area contributed by atoms with Crippen molar-refractivity contribution in [2.24, 2.45) is 0 Å². The minimum atomic E-state index is 0.665. The average molecular weight is 212 g/mol. The SMILES string of the molecule is CCc1csc2c(Cl)c(N)ccc12. The molecule has 0 saturated heterocycles. The zero-order chi connectivity index (χ0) is 9.42. The third kappa shape index (κ3) is 1.30. The summed E-state index contributed by atoms with van der Waals surface area (Å²) >= 11 is 7.75. The maximum Gasteiger partial charge on any atom is 0.0813 e. The maximum absolute atomic E-state index is 6.08. The largest absolute Gasteiger partial charge is 0.397 e. The molecule has 0 bridgehead atoms. The lowest BCUT2D eigenvalue weighted by Crippen LogP contribution is -1.85. The Morgan fingerprint density at radius 1 is 1.46 bits per heavy atom. The molecule has 13 heavy (non-hydrogen) atoms. The average Bonchev–Trinajstić information content (AvgIpc) is 2.55. The van der Waals surface area contributed by atoms with Crippen LogP contribution in [0.4, 0.5) is 5.69 Å². The Morgan fingerprint density at radius 2 is 2.23 bits per heavy atom. The molecule has 0 atom stereocenters. The van der Waals surface area contributed by atoms with E-state index in [-0.39, 0.29) is 0 Å². The van der Waals surface area contributed by atoms with Crippen LogP contribution < -0.4 is 5.73 Å². The first-order valence-electron chi connectivity index (χ1n) is 4.18. The van der Waals surface area contributed by atoms with Gasteiger partial charge >= 0.3 is 0 Å². The second-order valence-corrected chi connectivity index (χ2v) is 4.22. The van der Waals surface area contributed by atoms with Gasteiger partial charge in [0.25, 0.3) is 0 Å². The molecule has 0 aliphatic carbocycles. The van der Waals surface area contributed by atoms with E-state index < -0.39 is 0 Å². The van der Waals surface area contributed by atoms with Crippen LogP contribution in [0.3, 0.4) is 0 Å². The predicted molar refractivity (Wildman–Crippen MR) is 60.6 cm³/mol. The predicted octanol–water partition coefficient (Wildman–Crippen LogP) is 3.70. The number of benzene rings is 1. The Morgan fingerprint density at radius 3 is 2.92 bits per heavy atom. The van der Waals surface area contributed by atoms with Gasteiger partial charge in [-0.25, -0.2) is 0 Å². The molecule has 1 aromatic carbocycles. The van der Waals surface area contributed by atoms with Crippen molar-refractivity contribution in [2.75, 3.05) is 5.73 Å². The summed E-state index contributed by atoms with van der Waals surface area (Å²) in [5.74, 6) is 0. The highest BCUT2D eigenvalue weighted by atomic mass is 35.5. The summed E-state index contributed by atoms with van der Waals surface area (Å²) < 4.78 is 1.11. The van der Waals surface area contributed by atoms with Crippen LogP contribution >= 0.6 is 22.9 Å². The van der Waals surface area contributed by atoms with Crippen molar-refractivity contribution in [3.63, 3.8) is 0 Å². The number of aryl methyl sites for hydroxylation is 1. The van der Waals surface area contributed by atoms with Gasteiger partial charge in [-0.1, -0.05) is 24.6 Å². The van der Waals surface area contributed by atoms with Gasteiger partial charge in [0.05, 0.1) is 15.4 Å². The molecular formula is C10H10ClNS. The quantitative estimate of drug-likeness (QED) is 0.716. The highest BCUT2D eigenvalue weighted by molar-refractivity contribution is 7.18. The monoisotopic (exact) mass is 211 g/mol. The Kier molecular flexibility index (Phi) is 2.18. The maximum atomic E-state index is 6.08. The lowest BCUT2D eigenvalue weighted by atomic mass is 10.1. The van der Waals surface area contributed by atoms with E-state index >= 15 is 0 Å². The third-order valence-corrected chi connectivity index (χ3v) is 3.75. The number of hydrogen-bond acceptors (Lipinski definition) is 2. The van der Waals surface area contributed by atoms with Crippen molar-refractivity contribution >= 4 is 38.7 Å². The van der Waals surface area contributed by atoms with Crippen molar-refractivity contribution in [3.05, 3.63) is 28.1 Å². The molecule has 68 valence electrons. The van der Waals surface area contributed by atoms with Crippen molar-refractivity contribution in [1.82, 2.24) is 0 Å². The molecule has 0 fully saturated rings. The summed E-state index contributed by atoms with van der Waals surface area (Å²) in [5, 5.41) is 4.09. The molecule has 3 heteroatoms. The smallest absolute Gasteiger partial charge is 0.0813 e. The fourth-order valence-electron chi connectivity index (χ4n) is 1.41. The topological polar surface area (TPSA) is 26.0 Å². The summed E-state index contributed by atoms with van der Waals surface area (Å²) in [6.07, 6.45) is 1.04. The second kappa shape index (κ2) is 3.20. The first-order valence-corrected chi connectivity index (χ1v) is 5.44. The molecule has 2 rings (SSSR count). The zero-order valence-corrected chi connectivity index (χ0v) is 8.88.